The zero-order valence-corrected chi connectivity index (χ0v) is 14.5. The van der Waals surface area contributed by atoms with Gasteiger partial charge in [-0.2, -0.15) is 0 Å². The molecule has 28 heavy (non-hydrogen) atoms. The van der Waals surface area contributed by atoms with Crippen LogP contribution in [0.1, 0.15) is 23.0 Å². The van der Waals surface area contributed by atoms with Gasteiger partial charge in [0.2, 0.25) is 0 Å². The van der Waals surface area contributed by atoms with Gasteiger partial charge in [-0.3, -0.25) is 4.57 Å². The normalized spacial score (nSPS) is 31.4. The monoisotopic (exact) mass is 383 g/mol. The van der Waals surface area contributed by atoms with Crippen molar-refractivity contribution in [1.29, 1.82) is 0 Å². The van der Waals surface area contributed by atoms with Gasteiger partial charge in [-0.1, -0.05) is 18.2 Å². The van der Waals surface area contributed by atoms with Crippen molar-refractivity contribution >= 4 is 23.0 Å². The maximum Gasteiger partial charge on any atom is 0.338 e. The summed E-state index contributed by atoms with van der Waals surface area (Å²) in [7, 11) is 0. The van der Waals surface area contributed by atoms with Crippen molar-refractivity contribution in [1.82, 2.24) is 19.5 Å². The van der Waals surface area contributed by atoms with E-state index >= 15 is 0 Å². The quantitative estimate of drug-likeness (QED) is 0.533. The fourth-order valence-electron chi connectivity index (χ4n) is 3.67. The Bertz CT molecular complexity index is 1060. The van der Waals surface area contributed by atoms with E-state index in [1.165, 1.54) is 17.2 Å². The molecule has 3 aromatic rings. The van der Waals surface area contributed by atoms with Gasteiger partial charge in [-0.25, -0.2) is 19.7 Å². The van der Waals surface area contributed by atoms with E-state index in [9.17, 15) is 15.0 Å². The lowest BCUT2D eigenvalue weighted by Gasteiger charge is -2.16. The van der Waals surface area contributed by atoms with Gasteiger partial charge in [0, 0.05) is 6.42 Å². The first-order valence-corrected chi connectivity index (χ1v) is 8.74. The van der Waals surface area contributed by atoms with E-state index in [2.05, 4.69) is 15.0 Å². The van der Waals surface area contributed by atoms with Crippen LogP contribution in [0.5, 0.6) is 0 Å². The molecule has 1 aliphatic heterocycles. The van der Waals surface area contributed by atoms with Crippen LogP contribution < -0.4 is 5.73 Å². The highest BCUT2D eigenvalue weighted by Crippen LogP contribution is 2.54. The molecule has 0 amide bonds. The largest absolute Gasteiger partial charge is 0.455 e. The fraction of sp³-hybridized carbons (Fsp3) is 0.333. The highest BCUT2D eigenvalue weighted by molar-refractivity contribution is 5.89. The topological polar surface area (TPSA) is 146 Å². The number of carbonyl (C=O) groups excluding carboxylic acids is 1. The van der Waals surface area contributed by atoms with Gasteiger partial charge in [0.25, 0.3) is 0 Å². The Labute approximate surface area is 158 Å². The molecule has 3 heterocycles. The maximum atomic E-state index is 12.3. The Morgan fingerprint density at radius 3 is 2.82 bits per heavy atom. The number of rotatable bonds is 3. The van der Waals surface area contributed by atoms with Gasteiger partial charge in [0.1, 0.15) is 35.8 Å². The van der Waals surface area contributed by atoms with Crippen LogP contribution in [0.2, 0.25) is 0 Å². The number of imidazole rings is 1. The predicted octanol–water partition coefficient (Wildman–Crippen LogP) is 0.0272. The van der Waals surface area contributed by atoms with Gasteiger partial charge in [0.05, 0.1) is 11.9 Å². The van der Waals surface area contributed by atoms with Crippen molar-refractivity contribution in [3.63, 3.8) is 0 Å². The number of benzene rings is 1. The molecule has 2 fully saturated rings. The fourth-order valence-corrected chi connectivity index (χ4v) is 3.67. The standard InChI is InChI=1S/C18H17N5O5/c19-14-11-15(21-7-20-14)23(8-22-11)16-12(24)13(25)18(28-16)6-10(18)27-17(26)9-4-2-1-3-5-9/h1-5,7-8,10,12-13,16,24-25H,6H2,(H2,19,20,21)/t10-,12?,13-,16-,18-/m1/s1. The third-order valence-corrected chi connectivity index (χ3v) is 5.27. The molecule has 1 aliphatic carbocycles. The Morgan fingerprint density at radius 1 is 1.25 bits per heavy atom. The molecule has 1 spiro atoms. The Morgan fingerprint density at radius 2 is 2.04 bits per heavy atom. The average Bonchev–Trinajstić information content (AvgIpc) is 3.10. The van der Waals surface area contributed by atoms with Crippen molar-refractivity contribution in [2.24, 2.45) is 0 Å². The minimum absolute atomic E-state index is 0.201. The second kappa shape index (κ2) is 5.96. The number of fused-ring (bicyclic) bond motifs is 1. The number of nitrogen functional groups attached to an aromatic ring is 1. The lowest BCUT2D eigenvalue weighted by molar-refractivity contribution is -0.0669. The summed E-state index contributed by atoms with van der Waals surface area (Å²) < 4.78 is 12.9. The second-order valence-electron chi connectivity index (χ2n) is 6.95. The Kier molecular flexibility index (Phi) is 3.63. The van der Waals surface area contributed by atoms with Gasteiger partial charge in [0.15, 0.2) is 17.7 Å². The number of aliphatic hydroxyl groups is 2. The summed E-state index contributed by atoms with van der Waals surface area (Å²) in [5.41, 5.74) is 5.78. The van der Waals surface area contributed by atoms with Gasteiger partial charge in [-0.15, -0.1) is 0 Å². The van der Waals surface area contributed by atoms with Crippen molar-refractivity contribution in [3.8, 4) is 0 Å². The molecule has 2 aromatic heterocycles. The summed E-state index contributed by atoms with van der Waals surface area (Å²) in [6.07, 6.45) is -1.12. The SMILES string of the molecule is Nc1ncnc2c1ncn2[C@@H]1O[C@@]2(C[C@H]2OC(=O)c2ccccc2)[C@H](O)C1O. The van der Waals surface area contributed by atoms with Gasteiger partial charge in [-0.05, 0) is 12.1 Å². The number of hydrogen-bond donors (Lipinski definition) is 3. The molecule has 2 aliphatic rings. The lowest BCUT2D eigenvalue weighted by Crippen LogP contribution is -2.35. The number of aromatic nitrogens is 4. The molecule has 144 valence electrons. The lowest BCUT2D eigenvalue weighted by atomic mass is 10.1. The molecule has 10 nitrogen and oxygen atoms in total. The van der Waals surface area contributed by atoms with Crippen LogP contribution in [0.4, 0.5) is 5.82 Å². The molecule has 1 aromatic carbocycles. The van der Waals surface area contributed by atoms with Crippen LogP contribution >= 0.6 is 0 Å². The summed E-state index contributed by atoms with van der Waals surface area (Å²) >= 11 is 0. The van der Waals surface area contributed by atoms with Crippen LogP contribution in [0.25, 0.3) is 11.2 Å². The van der Waals surface area contributed by atoms with Crippen molar-refractivity contribution < 1.29 is 24.5 Å². The number of ether oxygens (including phenoxy) is 2. The molecule has 10 heteroatoms. The third kappa shape index (κ3) is 2.39. The molecule has 1 saturated heterocycles. The zero-order chi connectivity index (χ0) is 19.5. The molecule has 4 N–H and O–H groups in total. The van der Waals surface area contributed by atoms with Crippen LogP contribution in [-0.4, -0.2) is 59.6 Å². The van der Waals surface area contributed by atoms with Crippen molar-refractivity contribution in [2.45, 2.75) is 36.6 Å². The van der Waals surface area contributed by atoms with Crippen LogP contribution in [0.15, 0.2) is 43.0 Å². The highest BCUT2D eigenvalue weighted by Gasteiger charge is 2.71. The van der Waals surface area contributed by atoms with E-state index < -0.39 is 36.1 Å². The van der Waals surface area contributed by atoms with E-state index in [4.69, 9.17) is 15.2 Å². The smallest absolute Gasteiger partial charge is 0.338 e. The second-order valence-corrected chi connectivity index (χ2v) is 6.95. The molecule has 5 rings (SSSR count). The summed E-state index contributed by atoms with van der Waals surface area (Å²) in [6.45, 7) is 0. The Hall–Kier alpha value is -3.08. The van der Waals surface area contributed by atoms with E-state index in [-0.39, 0.29) is 12.2 Å². The molecule has 5 atom stereocenters. The minimum atomic E-state index is -1.26. The minimum Gasteiger partial charge on any atom is -0.455 e. The van der Waals surface area contributed by atoms with Crippen molar-refractivity contribution in [3.05, 3.63) is 48.5 Å². The number of carbonyl (C=O) groups is 1. The average molecular weight is 383 g/mol. The molecule has 1 unspecified atom stereocenters. The summed E-state index contributed by atoms with van der Waals surface area (Å²) in [6, 6.07) is 8.55. The summed E-state index contributed by atoms with van der Waals surface area (Å²) in [5, 5.41) is 21.1. The highest BCUT2D eigenvalue weighted by atomic mass is 16.6. The molecular formula is C18H17N5O5. The maximum absolute atomic E-state index is 12.3. The van der Waals surface area contributed by atoms with E-state index in [1.54, 1.807) is 30.3 Å². The third-order valence-electron chi connectivity index (χ3n) is 5.27. The number of nitrogens with zero attached hydrogens (tertiary/aromatic N) is 4. The number of hydrogen-bond acceptors (Lipinski definition) is 9. The van der Waals surface area contributed by atoms with Crippen LogP contribution in [-0.2, 0) is 9.47 Å². The Balaban J connectivity index is 1.39. The van der Waals surface area contributed by atoms with Crippen LogP contribution in [0.3, 0.4) is 0 Å². The molecule has 0 bridgehead atoms. The summed E-state index contributed by atoms with van der Waals surface area (Å²) in [4.78, 5) is 24.4. The van der Waals surface area contributed by atoms with Crippen LogP contribution in [0, 0.1) is 0 Å². The molecular weight excluding hydrogens is 366 g/mol. The van der Waals surface area contributed by atoms with E-state index in [0.717, 1.165) is 0 Å². The first-order chi connectivity index (χ1) is 13.5. The first-order valence-electron chi connectivity index (χ1n) is 8.74. The van der Waals surface area contributed by atoms with Gasteiger partial charge >= 0.3 is 5.97 Å². The number of aliphatic hydroxyl groups excluding tert-OH is 2. The molecule has 1 saturated carbocycles. The zero-order valence-electron chi connectivity index (χ0n) is 14.5. The number of nitrogens with two attached hydrogens (primary N) is 1. The van der Waals surface area contributed by atoms with Gasteiger partial charge < -0.3 is 25.4 Å². The predicted molar refractivity (Wildman–Crippen MR) is 94.9 cm³/mol. The number of anilines is 1. The molecule has 0 radical (unpaired) electrons. The first kappa shape index (κ1) is 17.0. The van der Waals surface area contributed by atoms with E-state index in [0.29, 0.717) is 16.7 Å². The number of esters is 1. The van der Waals surface area contributed by atoms with Crippen molar-refractivity contribution in [2.75, 3.05) is 5.73 Å². The summed E-state index contributed by atoms with van der Waals surface area (Å²) in [5.74, 6) is -0.308. The van der Waals surface area contributed by atoms with E-state index in [1.807, 2.05) is 0 Å².